The fourth-order valence-corrected chi connectivity index (χ4v) is 3.72. The SMILES string of the molecule is CC1CCN(S(=O)(=O)NCC(C)(C)CCCN)CC1. The third-order valence-corrected chi connectivity index (χ3v) is 5.43. The molecule has 3 N–H and O–H groups in total. The van der Waals surface area contributed by atoms with Gasteiger partial charge in [0.2, 0.25) is 0 Å². The Morgan fingerprint density at radius 3 is 2.42 bits per heavy atom. The summed E-state index contributed by atoms with van der Waals surface area (Å²) in [5, 5.41) is 0. The summed E-state index contributed by atoms with van der Waals surface area (Å²) in [5.74, 6) is 0.632. The monoisotopic (exact) mass is 291 g/mol. The van der Waals surface area contributed by atoms with Gasteiger partial charge in [0.05, 0.1) is 0 Å². The van der Waals surface area contributed by atoms with Crippen molar-refractivity contribution in [2.45, 2.75) is 46.5 Å². The highest BCUT2D eigenvalue weighted by atomic mass is 32.2. The standard InChI is InChI=1S/C13H29N3O2S/c1-12-5-9-16(10-6-12)19(17,18)15-11-13(2,3)7-4-8-14/h12,15H,4-11,14H2,1-3H3. The maximum Gasteiger partial charge on any atom is 0.279 e. The highest BCUT2D eigenvalue weighted by Gasteiger charge is 2.28. The number of nitrogens with one attached hydrogen (secondary N) is 1. The molecule has 1 saturated heterocycles. The maximum atomic E-state index is 12.2. The molecule has 0 atom stereocenters. The predicted octanol–water partition coefficient (Wildman–Crippen LogP) is 1.32. The second kappa shape index (κ2) is 7.02. The van der Waals surface area contributed by atoms with Crippen LogP contribution in [-0.2, 0) is 10.2 Å². The van der Waals surface area contributed by atoms with E-state index in [9.17, 15) is 8.42 Å². The van der Waals surface area contributed by atoms with Crippen LogP contribution in [-0.4, -0.2) is 38.9 Å². The molecule has 0 saturated carbocycles. The molecule has 5 nitrogen and oxygen atoms in total. The van der Waals surface area contributed by atoms with Crippen molar-refractivity contribution in [1.82, 2.24) is 9.03 Å². The van der Waals surface area contributed by atoms with E-state index in [0.717, 1.165) is 25.7 Å². The van der Waals surface area contributed by atoms with Gasteiger partial charge in [0.25, 0.3) is 10.2 Å². The summed E-state index contributed by atoms with van der Waals surface area (Å²) < 4.78 is 28.7. The molecule has 0 amide bonds. The van der Waals surface area contributed by atoms with Crippen molar-refractivity contribution in [2.24, 2.45) is 17.1 Å². The molecule has 19 heavy (non-hydrogen) atoms. The van der Waals surface area contributed by atoms with Crippen molar-refractivity contribution >= 4 is 10.2 Å². The van der Waals surface area contributed by atoms with Crippen molar-refractivity contribution in [3.8, 4) is 0 Å². The largest absolute Gasteiger partial charge is 0.330 e. The summed E-state index contributed by atoms with van der Waals surface area (Å²) in [5.41, 5.74) is 5.45. The van der Waals surface area contributed by atoms with E-state index < -0.39 is 10.2 Å². The lowest BCUT2D eigenvalue weighted by Gasteiger charge is -2.31. The van der Waals surface area contributed by atoms with Crippen LogP contribution in [0.3, 0.4) is 0 Å². The van der Waals surface area contributed by atoms with E-state index in [0.29, 0.717) is 32.1 Å². The van der Waals surface area contributed by atoms with E-state index >= 15 is 0 Å². The van der Waals surface area contributed by atoms with Gasteiger partial charge >= 0.3 is 0 Å². The van der Waals surface area contributed by atoms with Crippen LogP contribution in [0.15, 0.2) is 0 Å². The Morgan fingerprint density at radius 1 is 1.32 bits per heavy atom. The van der Waals surface area contributed by atoms with Gasteiger partial charge in [-0.05, 0) is 43.6 Å². The Hall–Kier alpha value is -0.170. The van der Waals surface area contributed by atoms with Gasteiger partial charge < -0.3 is 5.73 Å². The normalized spacial score (nSPS) is 19.8. The minimum absolute atomic E-state index is 0.0461. The molecule has 1 rings (SSSR count). The number of hydrogen-bond acceptors (Lipinski definition) is 3. The summed E-state index contributed by atoms with van der Waals surface area (Å²) in [7, 11) is -3.31. The van der Waals surface area contributed by atoms with Gasteiger partial charge in [-0.15, -0.1) is 0 Å². The van der Waals surface area contributed by atoms with Crippen LogP contribution in [0, 0.1) is 11.3 Å². The first-order chi connectivity index (χ1) is 8.77. The second-order valence-electron chi connectivity index (χ2n) is 6.46. The zero-order valence-electron chi connectivity index (χ0n) is 12.5. The van der Waals surface area contributed by atoms with E-state index in [1.807, 2.05) is 0 Å². The molecular weight excluding hydrogens is 262 g/mol. The minimum atomic E-state index is -3.31. The molecule has 0 aliphatic carbocycles. The van der Waals surface area contributed by atoms with Gasteiger partial charge in [-0.25, -0.2) is 4.72 Å². The number of nitrogens with zero attached hydrogens (tertiary/aromatic N) is 1. The van der Waals surface area contributed by atoms with E-state index in [-0.39, 0.29) is 5.41 Å². The molecule has 1 fully saturated rings. The fourth-order valence-electron chi connectivity index (χ4n) is 2.27. The summed E-state index contributed by atoms with van der Waals surface area (Å²) >= 11 is 0. The average Bonchev–Trinajstić information content (AvgIpc) is 2.35. The number of rotatable bonds is 7. The maximum absolute atomic E-state index is 12.2. The first-order valence-electron chi connectivity index (χ1n) is 7.22. The van der Waals surface area contributed by atoms with Crippen molar-refractivity contribution in [3.05, 3.63) is 0 Å². The third-order valence-electron chi connectivity index (χ3n) is 3.87. The highest BCUT2D eigenvalue weighted by molar-refractivity contribution is 7.87. The first kappa shape index (κ1) is 16.9. The lowest BCUT2D eigenvalue weighted by Crippen LogP contribution is -2.47. The van der Waals surface area contributed by atoms with Crippen LogP contribution in [0.1, 0.15) is 46.5 Å². The van der Waals surface area contributed by atoms with Gasteiger partial charge in [-0.3, -0.25) is 0 Å². The minimum Gasteiger partial charge on any atom is -0.330 e. The quantitative estimate of drug-likeness (QED) is 0.743. The fraction of sp³-hybridized carbons (Fsp3) is 1.00. The molecule has 0 unspecified atom stereocenters. The van der Waals surface area contributed by atoms with Crippen LogP contribution in [0.2, 0.25) is 0 Å². The number of piperidine rings is 1. The molecule has 114 valence electrons. The summed E-state index contributed by atoms with van der Waals surface area (Å²) in [6.07, 6.45) is 3.77. The predicted molar refractivity (Wildman–Crippen MR) is 79.0 cm³/mol. The molecule has 1 aliphatic rings. The number of nitrogens with two attached hydrogens (primary N) is 1. The van der Waals surface area contributed by atoms with Gasteiger partial charge in [-0.2, -0.15) is 12.7 Å². The molecule has 6 heteroatoms. The molecule has 1 aliphatic heterocycles. The van der Waals surface area contributed by atoms with Crippen LogP contribution >= 0.6 is 0 Å². The van der Waals surface area contributed by atoms with Crippen LogP contribution in [0.4, 0.5) is 0 Å². The summed E-state index contributed by atoms with van der Waals surface area (Å²) in [4.78, 5) is 0. The topological polar surface area (TPSA) is 75.4 Å². The van der Waals surface area contributed by atoms with Gasteiger partial charge in [0.15, 0.2) is 0 Å². The van der Waals surface area contributed by atoms with Crippen LogP contribution in [0.5, 0.6) is 0 Å². The van der Waals surface area contributed by atoms with Crippen molar-refractivity contribution in [1.29, 1.82) is 0 Å². The van der Waals surface area contributed by atoms with Gasteiger partial charge in [0.1, 0.15) is 0 Å². The van der Waals surface area contributed by atoms with Crippen LogP contribution < -0.4 is 10.5 Å². The Kier molecular flexibility index (Phi) is 6.23. The lowest BCUT2D eigenvalue weighted by atomic mass is 9.88. The third kappa shape index (κ3) is 5.77. The molecule has 0 aromatic heterocycles. The molecular formula is C13H29N3O2S. The van der Waals surface area contributed by atoms with E-state index in [1.54, 1.807) is 4.31 Å². The molecule has 0 aromatic carbocycles. The van der Waals surface area contributed by atoms with E-state index in [2.05, 4.69) is 25.5 Å². The van der Waals surface area contributed by atoms with E-state index in [1.165, 1.54) is 0 Å². The average molecular weight is 291 g/mol. The van der Waals surface area contributed by atoms with Gasteiger partial charge in [-0.1, -0.05) is 20.8 Å². The molecule has 0 radical (unpaired) electrons. The van der Waals surface area contributed by atoms with Gasteiger partial charge in [0, 0.05) is 19.6 Å². The zero-order valence-corrected chi connectivity index (χ0v) is 13.3. The van der Waals surface area contributed by atoms with Crippen LogP contribution in [0.25, 0.3) is 0 Å². The molecule has 0 spiro atoms. The summed E-state index contributed by atoms with van der Waals surface area (Å²) in [6.45, 7) is 8.72. The van der Waals surface area contributed by atoms with Crippen molar-refractivity contribution in [2.75, 3.05) is 26.2 Å². The zero-order chi connectivity index (χ0) is 14.5. The van der Waals surface area contributed by atoms with E-state index in [4.69, 9.17) is 5.73 Å². The molecule has 1 heterocycles. The Balaban J connectivity index is 2.46. The lowest BCUT2D eigenvalue weighted by molar-refractivity contribution is 0.277. The number of hydrogen-bond donors (Lipinski definition) is 2. The molecule has 0 bridgehead atoms. The smallest absolute Gasteiger partial charge is 0.279 e. The highest BCUT2D eigenvalue weighted by Crippen LogP contribution is 2.22. The summed E-state index contributed by atoms with van der Waals surface area (Å²) in [6, 6.07) is 0. The van der Waals surface area contributed by atoms with Crippen molar-refractivity contribution in [3.63, 3.8) is 0 Å². The Labute approximate surface area is 118 Å². The first-order valence-corrected chi connectivity index (χ1v) is 8.66. The molecule has 0 aromatic rings. The Morgan fingerprint density at radius 2 is 1.89 bits per heavy atom. The second-order valence-corrected chi connectivity index (χ2v) is 8.22. The Bertz CT molecular complexity index is 360. The van der Waals surface area contributed by atoms with Crippen molar-refractivity contribution < 1.29 is 8.42 Å².